The molecule has 1 fully saturated rings. The minimum Gasteiger partial charge on any atom is -0.497 e. The summed E-state index contributed by atoms with van der Waals surface area (Å²) in [6.45, 7) is 0. The van der Waals surface area contributed by atoms with Crippen molar-refractivity contribution in [3.05, 3.63) is 72.3 Å². The molecule has 6 nitrogen and oxygen atoms in total. The molecule has 0 aliphatic heterocycles. The largest absolute Gasteiger partial charge is 0.497 e. The summed E-state index contributed by atoms with van der Waals surface area (Å²) >= 11 is 0. The number of nitrogens with two attached hydrogens (primary N) is 1. The summed E-state index contributed by atoms with van der Waals surface area (Å²) in [6, 6.07) is 16.4. The van der Waals surface area contributed by atoms with Gasteiger partial charge in [0.1, 0.15) is 5.75 Å². The number of carbonyl (C=O) groups excluding carboxylic acids is 2. The molecule has 4 N–H and O–H groups in total. The van der Waals surface area contributed by atoms with Gasteiger partial charge in [0.05, 0.1) is 13.2 Å². The minimum absolute atomic E-state index is 0.157. The number of hydrogen-bond acceptors (Lipinski definition) is 4. The van der Waals surface area contributed by atoms with Gasteiger partial charge in [-0.2, -0.15) is 0 Å². The van der Waals surface area contributed by atoms with Crippen LogP contribution in [0, 0.1) is 5.92 Å². The molecule has 1 unspecified atom stereocenters. The van der Waals surface area contributed by atoms with Crippen LogP contribution >= 0.6 is 0 Å². The lowest BCUT2D eigenvalue weighted by Gasteiger charge is -2.18. The fraction of sp³-hybridized carbons (Fsp3) is 0.333. The Morgan fingerprint density at radius 2 is 1.83 bits per heavy atom. The second-order valence-corrected chi connectivity index (χ2v) is 7.58. The molecule has 1 saturated carbocycles. The number of anilines is 1. The second-order valence-electron chi connectivity index (χ2n) is 7.58. The molecule has 1 aliphatic rings. The molecule has 3 rings (SSSR count). The van der Waals surface area contributed by atoms with Crippen LogP contribution in [0.5, 0.6) is 5.75 Å². The third-order valence-electron chi connectivity index (χ3n) is 5.18. The van der Waals surface area contributed by atoms with Crippen molar-refractivity contribution < 1.29 is 14.3 Å². The van der Waals surface area contributed by atoms with Gasteiger partial charge in [0.2, 0.25) is 11.8 Å². The van der Waals surface area contributed by atoms with Crippen molar-refractivity contribution >= 4 is 17.5 Å². The maximum atomic E-state index is 12.5. The van der Waals surface area contributed by atoms with Gasteiger partial charge in [-0.15, -0.1) is 0 Å². The van der Waals surface area contributed by atoms with E-state index in [9.17, 15) is 9.59 Å². The van der Waals surface area contributed by atoms with Crippen LogP contribution in [0.3, 0.4) is 0 Å². The van der Waals surface area contributed by atoms with Crippen LogP contribution < -0.4 is 21.1 Å². The van der Waals surface area contributed by atoms with Crippen LogP contribution in [0.4, 0.5) is 5.69 Å². The predicted octanol–water partition coefficient (Wildman–Crippen LogP) is 3.04. The number of hydrogen-bond donors (Lipinski definition) is 3. The Labute approximate surface area is 177 Å². The lowest BCUT2D eigenvalue weighted by atomic mass is 10.0. The lowest BCUT2D eigenvalue weighted by molar-refractivity contribution is -0.123. The Morgan fingerprint density at radius 3 is 2.47 bits per heavy atom. The fourth-order valence-electron chi connectivity index (χ4n) is 3.19. The number of methoxy groups -OCH3 is 1. The number of ether oxygens (including phenoxy) is 1. The van der Waals surface area contributed by atoms with Crippen LogP contribution in [-0.4, -0.2) is 31.0 Å². The van der Waals surface area contributed by atoms with E-state index in [4.69, 9.17) is 10.5 Å². The van der Waals surface area contributed by atoms with E-state index >= 15 is 0 Å². The summed E-state index contributed by atoms with van der Waals surface area (Å²) in [7, 11) is 1.59. The molecule has 1 aliphatic carbocycles. The van der Waals surface area contributed by atoms with Crippen LogP contribution in [0.2, 0.25) is 0 Å². The van der Waals surface area contributed by atoms with Gasteiger partial charge in [-0.3, -0.25) is 9.59 Å². The molecular formula is C24H29N3O3. The highest BCUT2D eigenvalue weighted by Crippen LogP contribution is 2.31. The molecule has 0 radical (unpaired) electrons. The van der Waals surface area contributed by atoms with Gasteiger partial charge in [0.15, 0.2) is 0 Å². The third kappa shape index (κ3) is 6.74. The summed E-state index contributed by atoms with van der Waals surface area (Å²) < 4.78 is 5.12. The highest BCUT2D eigenvalue weighted by molar-refractivity contribution is 5.99. The van der Waals surface area contributed by atoms with Crippen molar-refractivity contribution in [1.82, 2.24) is 5.32 Å². The zero-order valence-electron chi connectivity index (χ0n) is 17.2. The predicted molar refractivity (Wildman–Crippen MR) is 118 cm³/mol. The Hall–Kier alpha value is -3.12. The highest BCUT2D eigenvalue weighted by atomic mass is 16.5. The van der Waals surface area contributed by atoms with Gasteiger partial charge < -0.3 is 21.1 Å². The first-order valence-electron chi connectivity index (χ1n) is 10.3. The SMILES string of the molecule is COc1ccc(NC(=O)/C=C/[C@H](CCc2ccccc2)NC(=O)C(N)C2CC2)cc1. The van der Waals surface area contributed by atoms with E-state index in [0.29, 0.717) is 12.1 Å². The third-order valence-corrected chi connectivity index (χ3v) is 5.18. The van der Waals surface area contributed by atoms with Gasteiger partial charge in [-0.1, -0.05) is 36.4 Å². The summed E-state index contributed by atoms with van der Waals surface area (Å²) in [4.78, 5) is 24.8. The Bertz CT molecular complexity index is 861. The molecule has 2 aromatic carbocycles. The molecule has 0 aromatic heterocycles. The van der Waals surface area contributed by atoms with E-state index in [-0.39, 0.29) is 23.8 Å². The second kappa shape index (κ2) is 10.6. The van der Waals surface area contributed by atoms with Gasteiger partial charge in [-0.05, 0) is 61.4 Å². The first-order chi connectivity index (χ1) is 14.5. The van der Waals surface area contributed by atoms with Crippen molar-refractivity contribution in [1.29, 1.82) is 0 Å². The molecule has 0 spiro atoms. The summed E-state index contributed by atoms with van der Waals surface area (Å²) in [5, 5.41) is 5.80. The summed E-state index contributed by atoms with van der Waals surface area (Å²) in [5.41, 5.74) is 7.89. The van der Waals surface area contributed by atoms with E-state index in [2.05, 4.69) is 22.8 Å². The average molecular weight is 408 g/mol. The maximum Gasteiger partial charge on any atom is 0.248 e. The fourth-order valence-corrected chi connectivity index (χ4v) is 3.19. The molecule has 2 aromatic rings. The normalized spacial score (nSPS) is 15.4. The standard InChI is InChI=1S/C24H29N3O3/c1-30-21-14-11-19(12-15-21)26-22(28)16-13-20(10-7-17-5-3-2-4-6-17)27-24(29)23(25)18-8-9-18/h2-6,11-16,18,20,23H,7-10,25H2,1H3,(H,26,28)(H,27,29)/b16-13+/t20-,23?/m0/s1. The Morgan fingerprint density at radius 1 is 1.13 bits per heavy atom. The molecule has 0 saturated heterocycles. The van der Waals surface area contributed by atoms with E-state index in [1.54, 1.807) is 37.5 Å². The summed E-state index contributed by atoms with van der Waals surface area (Å²) in [5.74, 6) is 0.586. The topological polar surface area (TPSA) is 93.5 Å². The number of carbonyl (C=O) groups is 2. The average Bonchev–Trinajstić information content (AvgIpc) is 3.61. The molecular weight excluding hydrogens is 378 g/mol. The molecule has 0 bridgehead atoms. The first kappa shape index (κ1) is 21.6. The van der Waals surface area contributed by atoms with Crippen molar-refractivity contribution in [2.45, 2.75) is 37.8 Å². The molecule has 2 amide bonds. The molecule has 30 heavy (non-hydrogen) atoms. The quantitative estimate of drug-likeness (QED) is 0.528. The Kier molecular flexibility index (Phi) is 7.63. The molecule has 158 valence electrons. The molecule has 2 atom stereocenters. The van der Waals surface area contributed by atoms with E-state index in [1.807, 2.05) is 18.2 Å². The van der Waals surface area contributed by atoms with Crippen LogP contribution in [0.15, 0.2) is 66.7 Å². The zero-order valence-corrected chi connectivity index (χ0v) is 17.2. The molecule has 0 heterocycles. The van der Waals surface area contributed by atoms with Crippen molar-refractivity contribution in [3.63, 3.8) is 0 Å². The Balaban J connectivity index is 1.60. The number of amides is 2. The van der Waals surface area contributed by atoms with Crippen LogP contribution in [0.1, 0.15) is 24.8 Å². The number of benzene rings is 2. The minimum atomic E-state index is -0.481. The van der Waals surface area contributed by atoms with Gasteiger partial charge in [0.25, 0.3) is 0 Å². The monoisotopic (exact) mass is 407 g/mol. The van der Waals surface area contributed by atoms with Gasteiger partial charge in [-0.25, -0.2) is 0 Å². The number of aryl methyl sites for hydroxylation is 1. The van der Waals surface area contributed by atoms with Crippen LogP contribution in [-0.2, 0) is 16.0 Å². The zero-order chi connectivity index (χ0) is 21.3. The summed E-state index contributed by atoms with van der Waals surface area (Å²) in [6.07, 6.45) is 6.67. The maximum absolute atomic E-state index is 12.5. The highest BCUT2D eigenvalue weighted by Gasteiger charge is 2.33. The first-order valence-corrected chi connectivity index (χ1v) is 10.3. The molecule has 6 heteroatoms. The van der Waals surface area contributed by atoms with Gasteiger partial charge in [0, 0.05) is 17.8 Å². The van der Waals surface area contributed by atoms with E-state index in [1.165, 1.54) is 11.6 Å². The lowest BCUT2D eigenvalue weighted by Crippen LogP contribution is -2.46. The van der Waals surface area contributed by atoms with Crippen molar-refractivity contribution in [2.24, 2.45) is 11.7 Å². The van der Waals surface area contributed by atoms with Crippen LogP contribution in [0.25, 0.3) is 0 Å². The number of nitrogens with one attached hydrogen (secondary N) is 2. The van der Waals surface area contributed by atoms with Crippen molar-refractivity contribution in [2.75, 3.05) is 12.4 Å². The van der Waals surface area contributed by atoms with E-state index in [0.717, 1.165) is 25.0 Å². The number of rotatable bonds is 10. The smallest absolute Gasteiger partial charge is 0.248 e. The van der Waals surface area contributed by atoms with E-state index < -0.39 is 6.04 Å². The van der Waals surface area contributed by atoms with Crippen molar-refractivity contribution in [3.8, 4) is 5.75 Å². The van der Waals surface area contributed by atoms with Gasteiger partial charge >= 0.3 is 0 Å².